The molecular formula is C38H53NP2. The van der Waals surface area contributed by atoms with Gasteiger partial charge in [-0.1, -0.05) is 129 Å². The van der Waals surface area contributed by atoms with E-state index in [-0.39, 0.29) is 15.8 Å². The van der Waals surface area contributed by atoms with Crippen LogP contribution in [0, 0.1) is 0 Å². The molecule has 1 aromatic heterocycles. The third-order valence-electron chi connectivity index (χ3n) is 11.3. The van der Waals surface area contributed by atoms with Gasteiger partial charge in [-0.2, -0.15) is 0 Å². The molecule has 4 fully saturated rings. The molecule has 1 heterocycles. The number of benzene rings is 2. The van der Waals surface area contributed by atoms with Crippen LogP contribution in [0.3, 0.4) is 0 Å². The molecule has 0 aliphatic heterocycles. The van der Waals surface area contributed by atoms with Crippen LogP contribution in [0.4, 0.5) is 0 Å². The van der Waals surface area contributed by atoms with Crippen LogP contribution < -0.4 is 10.7 Å². The van der Waals surface area contributed by atoms with Crippen molar-refractivity contribution >= 4 is 37.4 Å². The summed E-state index contributed by atoms with van der Waals surface area (Å²) in [6.45, 7) is 0. The summed E-state index contributed by atoms with van der Waals surface area (Å²) in [5, 5.41) is 4.73. The molecule has 0 atom stereocenters. The zero-order valence-electron chi connectivity index (χ0n) is 25.5. The molecule has 4 aliphatic rings. The molecule has 0 amide bonds. The zero-order chi connectivity index (χ0) is 27.4. The highest BCUT2D eigenvalue weighted by atomic mass is 31.1. The van der Waals surface area contributed by atoms with Gasteiger partial charge < -0.3 is 4.57 Å². The van der Waals surface area contributed by atoms with Crippen LogP contribution in [0.2, 0.25) is 0 Å². The first-order chi connectivity index (χ1) is 20.4. The normalized spacial score (nSPS) is 22.7. The van der Waals surface area contributed by atoms with Gasteiger partial charge in [-0.05, 0) is 91.5 Å². The lowest BCUT2D eigenvalue weighted by Crippen LogP contribution is -2.32. The Balaban J connectivity index is 1.39. The monoisotopic (exact) mass is 585 g/mol. The minimum Gasteiger partial charge on any atom is -0.316 e. The lowest BCUT2D eigenvalue weighted by atomic mass is 9.99. The lowest BCUT2D eigenvalue weighted by Gasteiger charge is -2.41. The van der Waals surface area contributed by atoms with Crippen LogP contribution in [0.25, 0.3) is 16.5 Å². The van der Waals surface area contributed by atoms with Gasteiger partial charge in [0, 0.05) is 22.3 Å². The molecule has 3 aromatic rings. The summed E-state index contributed by atoms with van der Waals surface area (Å²) < 4.78 is 2.83. The molecule has 0 N–H and O–H groups in total. The average molecular weight is 586 g/mol. The number of aromatic nitrogens is 1. The Hall–Kier alpha value is -1.16. The smallest absolute Gasteiger partial charge is 0.0611 e. The summed E-state index contributed by atoms with van der Waals surface area (Å²) in [7, 11) is -0.310. The van der Waals surface area contributed by atoms with Gasteiger partial charge in [-0.25, -0.2) is 0 Å². The van der Waals surface area contributed by atoms with Crippen molar-refractivity contribution in [2.24, 2.45) is 0 Å². The molecule has 0 bridgehead atoms. The lowest BCUT2D eigenvalue weighted by molar-refractivity contribution is 0.486. The number of hydrogen-bond acceptors (Lipinski definition) is 0. The summed E-state index contributed by atoms with van der Waals surface area (Å²) >= 11 is 0. The summed E-state index contributed by atoms with van der Waals surface area (Å²) in [5.41, 5.74) is 7.08. The van der Waals surface area contributed by atoms with E-state index in [1.54, 1.807) is 16.4 Å². The second kappa shape index (κ2) is 13.6. The molecule has 0 spiro atoms. The third-order valence-corrected chi connectivity index (χ3v) is 18.3. The minimum absolute atomic E-state index is 0.145. The Morgan fingerprint density at radius 2 is 0.951 bits per heavy atom. The zero-order valence-corrected chi connectivity index (χ0v) is 27.3. The molecule has 2 aromatic carbocycles. The molecule has 1 nitrogen and oxygen atoms in total. The van der Waals surface area contributed by atoms with E-state index in [9.17, 15) is 0 Å². The second-order valence-electron chi connectivity index (χ2n) is 13.9. The van der Waals surface area contributed by atoms with Crippen molar-refractivity contribution in [3.8, 4) is 5.69 Å². The summed E-state index contributed by atoms with van der Waals surface area (Å²) in [6, 6.07) is 19.6. The van der Waals surface area contributed by atoms with E-state index in [0.717, 1.165) is 22.6 Å². The van der Waals surface area contributed by atoms with Gasteiger partial charge >= 0.3 is 0 Å². The SMILES string of the molecule is c1ccc2c(-n3cccc3P(C3CCCCC3)C3CCCCC3)c(P(C3CCCCC3)C3CCCCC3)ccc2c1. The fourth-order valence-corrected chi connectivity index (χ4v) is 17.1. The molecular weight excluding hydrogens is 532 g/mol. The standard InChI is InChI=1S/C38H53NP2/c1-5-17-31(18-6-1)40(32-19-7-2-8-20-32)36-28-27-30-16-13-14-25-35(30)38(36)39-29-15-26-37(39)41(33-21-9-3-10-22-33)34-23-11-4-12-24-34/h13-16,25-29,31-34H,1-12,17-24H2. The van der Waals surface area contributed by atoms with Crippen LogP contribution in [-0.2, 0) is 0 Å². The number of rotatable bonds is 7. The Morgan fingerprint density at radius 1 is 0.463 bits per heavy atom. The molecule has 0 saturated heterocycles. The average Bonchev–Trinajstić information content (AvgIpc) is 3.52. The largest absolute Gasteiger partial charge is 0.316 e. The molecule has 4 saturated carbocycles. The van der Waals surface area contributed by atoms with Crippen LogP contribution in [0.1, 0.15) is 128 Å². The van der Waals surface area contributed by atoms with Crippen molar-refractivity contribution in [2.45, 2.75) is 151 Å². The second-order valence-corrected chi connectivity index (χ2v) is 19.4. The van der Waals surface area contributed by atoms with Gasteiger partial charge in [-0.3, -0.25) is 0 Å². The first-order valence-electron chi connectivity index (χ1n) is 17.6. The Labute approximate surface area is 252 Å². The van der Waals surface area contributed by atoms with Gasteiger partial charge in [0.05, 0.1) is 5.69 Å². The van der Waals surface area contributed by atoms with Gasteiger partial charge in [-0.15, -0.1) is 0 Å². The van der Waals surface area contributed by atoms with Crippen LogP contribution in [0.15, 0.2) is 54.7 Å². The van der Waals surface area contributed by atoms with Gasteiger partial charge in [0.2, 0.25) is 0 Å². The van der Waals surface area contributed by atoms with Crippen molar-refractivity contribution in [3.63, 3.8) is 0 Å². The molecule has 4 aliphatic carbocycles. The van der Waals surface area contributed by atoms with E-state index < -0.39 is 0 Å². The Bertz CT molecular complexity index is 1220. The first kappa shape index (κ1) is 28.6. The molecule has 0 unspecified atom stereocenters. The maximum absolute atomic E-state index is 2.83. The number of hydrogen-bond donors (Lipinski definition) is 0. The Morgan fingerprint density at radius 3 is 1.49 bits per heavy atom. The van der Waals surface area contributed by atoms with Crippen molar-refractivity contribution < 1.29 is 0 Å². The van der Waals surface area contributed by atoms with Gasteiger partial charge in [0.1, 0.15) is 0 Å². The fraction of sp³-hybridized carbons (Fsp3) is 0.632. The van der Waals surface area contributed by atoms with Gasteiger partial charge in [0.25, 0.3) is 0 Å². The van der Waals surface area contributed by atoms with Crippen LogP contribution >= 0.6 is 15.8 Å². The first-order valence-corrected chi connectivity index (χ1v) is 20.6. The number of fused-ring (bicyclic) bond motifs is 1. The summed E-state index contributed by atoms with van der Waals surface area (Å²) in [6.07, 6.45) is 31.9. The highest BCUT2D eigenvalue weighted by Gasteiger charge is 2.37. The predicted molar refractivity (Wildman–Crippen MR) is 184 cm³/mol. The number of nitrogens with zero attached hydrogens (tertiary/aromatic N) is 1. The molecule has 220 valence electrons. The summed E-state index contributed by atoms with van der Waals surface area (Å²) in [4.78, 5) is 0. The minimum atomic E-state index is -0.165. The van der Waals surface area contributed by atoms with E-state index >= 15 is 0 Å². The van der Waals surface area contributed by atoms with Crippen LogP contribution in [0.5, 0.6) is 0 Å². The van der Waals surface area contributed by atoms with E-state index in [2.05, 4.69) is 59.3 Å². The van der Waals surface area contributed by atoms with Crippen molar-refractivity contribution in [2.75, 3.05) is 0 Å². The molecule has 7 rings (SSSR count). The van der Waals surface area contributed by atoms with E-state index in [1.807, 2.05) is 0 Å². The van der Waals surface area contributed by atoms with Gasteiger partial charge in [0.15, 0.2) is 0 Å². The van der Waals surface area contributed by atoms with E-state index in [0.29, 0.717) is 0 Å². The van der Waals surface area contributed by atoms with E-state index in [4.69, 9.17) is 0 Å². The van der Waals surface area contributed by atoms with Crippen molar-refractivity contribution in [1.82, 2.24) is 4.57 Å². The quantitative estimate of drug-likeness (QED) is 0.243. The Kier molecular flexibility index (Phi) is 9.52. The molecule has 3 heteroatoms. The van der Waals surface area contributed by atoms with Crippen LogP contribution in [-0.4, -0.2) is 27.2 Å². The highest BCUT2D eigenvalue weighted by Crippen LogP contribution is 2.58. The molecule has 41 heavy (non-hydrogen) atoms. The summed E-state index contributed by atoms with van der Waals surface area (Å²) in [5.74, 6) is 0. The highest BCUT2D eigenvalue weighted by molar-refractivity contribution is 7.67. The fourth-order valence-electron chi connectivity index (χ4n) is 9.28. The maximum atomic E-state index is 2.83. The van der Waals surface area contributed by atoms with Crippen molar-refractivity contribution in [1.29, 1.82) is 0 Å². The predicted octanol–water partition coefficient (Wildman–Crippen LogP) is 11.2. The van der Waals surface area contributed by atoms with E-state index in [1.165, 1.54) is 139 Å². The maximum Gasteiger partial charge on any atom is 0.0611 e. The third kappa shape index (κ3) is 6.12. The topological polar surface area (TPSA) is 4.93 Å². The molecule has 0 radical (unpaired) electrons. The van der Waals surface area contributed by atoms with Crippen molar-refractivity contribution in [3.05, 3.63) is 54.7 Å².